The van der Waals surface area contributed by atoms with Crippen LogP contribution in [0.5, 0.6) is 0 Å². The molecule has 0 saturated carbocycles. The zero-order valence-corrected chi connectivity index (χ0v) is 19.5. The third kappa shape index (κ3) is 7.80. The number of carbonyl (C=O) groups excluding carboxylic acids is 1. The van der Waals surface area contributed by atoms with Crippen molar-refractivity contribution < 1.29 is 4.79 Å². The molecule has 0 atom stereocenters. The Labute approximate surface area is 193 Å². The molecule has 2 aliphatic rings. The van der Waals surface area contributed by atoms with Gasteiger partial charge in [0.25, 0.3) is 0 Å². The maximum Gasteiger partial charge on any atom is 0.222 e. The van der Waals surface area contributed by atoms with Gasteiger partial charge in [0.05, 0.1) is 18.0 Å². The Morgan fingerprint density at radius 1 is 1.00 bits per heavy atom. The molecule has 6 heteroatoms. The van der Waals surface area contributed by atoms with Crippen molar-refractivity contribution in [2.45, 2.75) is 58.4 Å². The number of hydrogen-bond donors (Lipinski definition) is 0. The highest BCUT2D eigenvalue weighted by Gasteiger charge is 2.22. The number of hydrogen-bond acceptors (Lipinski definition) is 5. The summed E-state index contributed by atoms with van der Waals surface area (Å²) in [7, 11) is 0. The summed E-state index contributed by atoms with van der Waals surface area (Å²) in [5.74, 6) is 0.329. The van der Waals surface area contributed by atoms with Gasteiger partial charge in [-0.15, -0.1) is 0 Å². The molecule has 3 rings (SSSR count). The van der Waals surface area contributed by atoms with E-state index in [9.17, 15) is 4.79 Å². The topological polar surface area (TPSA) is 62.9 Å². The van der Waals surface area contributed by atoms with E-state index in [-0.39, 0.29) is 0 Å². The van der Waals surface area contributed by atoms with Crippen LogP contribution in [0.1, 0.15) is 63.0 Å². The van der Waals surface area contributed by atoms with Crippen LogP contribution in [0.4, 0.5) is 0 Å². The highest BCUT2D eigenvalue weighted by molar-refractivity contribution is 5.76. The number of amides is 1. The summed E-state index contributed by atoms with van der Waals surface area (Å²) >= 11 is 0. The molecule has 0 N–H and O–H groups in total. The second-order valence-corrected chi connectivity index (χ2v) is 8.94. The van der Waals surface area contributed by atoms with Gasteiger partial charge in [-0.25, -0.2) is 4.99 Å². The van der Waals surface area contributed by atoms with E-state index in [1.807, 2.05) is 41.7 Å². The lowest BCUT2D eigenvalue weighted by Gasteiger charge is -2.36. The molecule has 2 aliphatic heterocycles. The van der Waals surface area contributed by atoms with Crippen LogP contribution in [0.15, 0.2) is 41.0 Å². The first-order valence-corrected chi connectivity index (χ1v) is 12.1. The van der Waals surface area contributed by atoms with Crippen LogP contribution in [0.3, 0.4) is 0 Å². The zero-order chi connectivity index (χ0) is 22.6. The maximum atomic E-state index is 12.5. The van der Waals surface area contributed by atoms with Gasteiger partial charge in [0.15, 0.2) is 0 Å². The smallest absolute Gasteiger partial charge is 0.222 e. The first kappa shape index (κ1) is 24.0. The maximum absolute atomic E-state index is 12.5. The predicted molar refractivity (Wildman–Crippen MR) is 129 cm³/mol. The summed E-state index contributed by atoms with van der Waals surface area (Å²) in [4.78, 5) is 23.6. The Morgan fingerprint density at radius 3 is 2.44 bits per heavy atom. The lowest BCUT2D eigenvalue weighted by molar-refractivity contribution is -0.133. The molecular weight excluding hydrogens is 398 g/mol. The van der Waals surface area contributed by atoms with Crippen molar-refractivity contribution in [3.8, 4) is 6.07 Å². The van der Waals surface area contributed by atoms with Crippen molar-refractivity contribution in [3.63, 3.8) is 0 Å². The van der Waals surface area contributed by atoms with Crippen LogP contribution in [-0.2, 0) is 11.3 Å². The number of rotatable bonds is 11. The lowest BCUT2D eigenvalue weighted by atomic mass is 10.1. The summed E-state index contributed by atoms with van der Waals surface area (Å²) < 4.78 is 0. The van der Waals surface area contributed by atoms with E-state index < -0.39 is 0 Å². The summed E-state index contributed by atoms with van der Waals surface area (Å²) in [5.41, 5.74) is 3.16. The molecule has 2 heterocycles. The van der Waals surface area contributed by atoms with Gasteiger partial charge in [0.2, 0.25) is 5.91 Å². The SMILES string of the molecule is CCCCCCCCC(=O)N1CCN(CC2=CN=CN(Cc3ccc(C#N)cc3)C2)CC1. The van der Waals surface area contributed by atoms with Gasteiger partial charge >= 0.3 is 0 Å². The van der Waals surface area contributed by atoms with Gasteiger partial charge in [-0.05, 0) is 29.7 Å². The average Bonchev–Trinajstić information content (AvgIpc) is 2.82. The fraction of sp³-hybridized carbons (Fsp3) is 0.577. The molecule has 6 nitrogen and oxygen atoms in total. The fourth-order valence-electron chi connectivity index (χ4n) is 4.34. The molecule has 1 fully saturated rings. The van der Waals surface area contributed by atoms with E-state index in [4.69, 9.17) is 5.26 Å². The van der Waals surface area contributed by atoms with Crippen LogP contribution in [-0.4, -0.2) is 66.2 Å². The molecule has 0 aliphatic carbocycles. The van der Waals surface area contributed by atoms with Crippen LogP contribution in [0.25, 0.3) is 0 Å². The highest BCUT2D eigenvalue weighted by atomic mass is 16.2. The number of carbonyl (C=O) groups is 1. The van der Waals surface area contributed by atoms with Crippen LogP contribution < -0.4 is 0 Å². The summed E-state index contributed by atoms with van der Waals surface area (Å²) in [6.07, 6.45) is 11.9. The quantitative estimate of drug-likeness (QED) is 0.489. The van der Waals surface area contributed by atoms with Crippen molar-refractivity contribution in [2.75, 3.05) is 39.3 Å². The molecule has 0 aromatic heterocycles. The lowest BCUT2D eigenvalue weighted by Crippen LogP contribution is -2.49. The molecule has 0 unspecified atom stereocenters. The Kier molecular flexibility index (Phi) is 9.77. The Morgan fingerprint density at radius 2 is 1.72 bits per heavy atom. The predicted octanol–water partition coefficient (Wildman–Crippen LogP) is 4.18. The second kappa shape index (κ2) is 13.0. The minimum absolute atomic E-state index is 0.329. The largest absolute Gasteiger partial charge is 0.354 e. The number of nitriles is 1. The average molecular weight is 436 g/mol. The van der Waals surface area contributed by atoms with Crippen molar-refractivity contribution >= 4 is 12.2 Å². The van der Waals surface area contributed by atoms with Crippen molar-refractivity contribution in [3.05, 3.63) is 47.2 Å². The molecular formula is C26H37N5O. The first-order chi connectivity index (χ1) is 15.7. The Hall–Kier alpha value is -2.65. The molecule has 0 bridgehead atoms. The number of nitrogens with zero attached hydrogens (tertiary/aromatic N) is 5. The zero-order valence-electron chi connectivity index (χ0n) is 19.5. The normalized spacial score (nSPS) is 16.7. The van der Waals surface area contributed by atoms with Gasteiger partial charge in [0, 0.05) is 58.4 Å². The van der Waals surface area contributed by atoms with E-state index in [0.29, 0.717) is 17.9 Å². The number of aliphatic imine (C=N–C) groups is 1. The third-order valence-electron chi connectivity index (χ3n) is 6.26. The number of benzene rings is 1. The van der Waals surface area contributed by atoms with E-state index in [1.54, 1.807) is 0 Å². The van der Waals surface area contributed by atoms with Gasteiger partial charge in [-0.2, -0.15) is 5.26 Å². The first-order valence-electron chi connectivity index (χ1n) is 12.1. The van der Waals surface area contributed by atoms with E-state index in [2.05, 4.69) is 27.8 Å². The summed E-state index contributed by atoms with van der Waals surface area (Å²) in [6.45, 7) is 8.31. The Bertz CT molecular complexity index is 816. The highest BCUT2D eigenvalue weighted by Crippen LogP contribution is 2.14. The fourth-order valence-corrected chi connectivity index (χ4v) is 4.34. The molecule has 1 aromatic carbocycles. The van der Waals surface area contributed by atoms with Crippen LogP contribution in [0.2, 0.25) is 0 Å². The van der Waals surface area contributed by atoms with Gasteiger partial charge in [0.1, 0.15) is 0 Å². The Balaban J connectivity index is 1.34. The molecule has 1 saturated heterocycles. The van der Waals surface area contributed by atoms with E-state index in [1.165, 1.54) is 43.2 Å². The third-order valence-corrected chi connectivity index (χ3v) is 6.26. The van der Waals surface area contributed by atoms with Crippen molar-refractivity contribution in [1.82, 2.24) is 14.7 Å². The second-order valence-electron chi connectivity index (χ2n) is 8.94. The minimum atomic E-state index is 0.329. The summed E-state index contributed by atoms with van der Waals surface area (Å²) in [6, 6.07) is 9.89. The molecule has 0 radical (unpaired) electrons. The molecule has 1 aromatic rings. The minimum Gasteiger partial charge on any atom is -0.354 e. The van der Waals surface area contributed by atoms with Crippen molar-refractivity contribution in [2.24, 2.45) is 4.99 Å². The van der Waals surface area contributed by atoms with Crippen LogP contribution >= 0.6 is 0 Å². The van der Waals surface area contributed by atoms with E-state index in [0.717, 1.165) is 52.2 Å². The molecule has 0 spiro atoms. The van der Waals surface area contributed by atoms with Gasteiger partial charge < -0.3 is 9.80 Å². The molecule has 1 amide bonds. The van der Waals surface area contributed by atoms with Crippen LogP contribution in [0, 0.1) is 11.3 Å². The van der Waals surface area contributed by atoms with Crippen molar-refractivity contribution in [1.29, 1.82) is 5.26 Å². The van der Waals surface area contributed by atoms with Gasteiger partial charge in [-0.1, -0.05) is 51.2 Å². The monoisotopic (exact) mass is 435 g/mol. The number of unbranched alkanes of at least 4 members (excludes halogenated alkanes) is 5. The van der Waals surface area contributed by atoms with E-state index >= 15 is 0 Å². The molecule has 172 valence electrons. The standard InChI is InChI=1S/C26H37N5O/c1-2-3-4-5-6-7-8-26(32)31-15-13-29(14-16-31)20-25-18-28-22-30(21-25)19-24-11-9-23(17-27)10-12-24/h9-12,18,22H,2-8,13-16,19-21H2,1H3. The molecule has 32 heavy (non-hydrogen) atoms. The summed E-state index contributed by atoms with van der Waals surface area (Å²) in [5, 5.41) is 8.95. The van der Waals surface area contributed by atoms with Gasteiger partial charge in [-0.3, -0.25) is 9.69 Å². The number of piperazine rings is 1.